The quantitative estimate of drug-likeness (QED) is 0.735. The first-order valence-corrected chi connectivity index (χ1v) is 4.92. The van der Waals surface area contributed by atoms with Gasteiger partial charge < -0.3 is 5.32 Å². The summed E-state index contributed by atoms with van der Waals surface area (Å²) in [6.07, 6.45) is 9.24. The second-order valence-corrected chi connectivity index (χ2v) is 3.32. The van der Waals surface area contributed by atoms with E-state index in [4.69, 9.17) is 6.42 Å². The van der Waals surface area contributed by atoms with Crippen molar-refractivity contribution in [2.75, 3.05) is 5.32 Å². The SMILES string of the molecule is C#CC(CCC)Nc1ncccc1C. The van der Waals surface area contributed by atoms with Gasteiger partial charge in [-0.2, -0.15) is 0 Å². The molecule has 1 rings (SSSR count). The van der Waals surface area contributed by atoms with Gasteiger partial charge in [0.2, 0.25) is 0 Å². The standard InChI is InChI=1S/C12H16N2/c1-4-7-11(5-2)14-12-10(3)8-6-9-13-12/h2,6,8-9,11H,4,7H2,1,3H3,(H,13,14). The van der Waals surface area contributed by atoms with Crippen LogP contribution in [0.5, 0.6) is 0 Å². The fourth-order valence-corrected chi connectivity index (χ4v) is 1.29. The molecule has 0 radical (unpaired) electrons. The van der Waals surface area contributed by atoms with Gasteiger partial charge in [-0.05, 0) is 25.0 Å². The highest BCUT2D eigenvalue weighted by molar-refractivity contribution is 5.44. The number of nitrogens with one attached hydrogen (secondary N) is 1. The van der Waals surface area contributed by atoms with Gasteiger partial charge in [-0.3, -0.25) is 0 Å². The molecule has 1 atom stereocenters. The molecule has 1 heterocycles. The number of nitrogens with zero attached hydrogens (tertiary/aromatic N) is 1. The molecule has 2 heteroatoms. The predicted octanol–water partition coefficient (Wildman–Crippen LogP) is 2.60. The highest BCUT2D eigenvalue weighted by atomic mass is 15.0. The Morgan fingerprint density at radius 1 is 1.64 bits per heavy atom. The van der Waals surface area contributed by atoms with E-state index in [1.54, 1.807) is 6.20 Å². The third-order valence-corrected chi connectivity index (χ3v) is 2.10. The maximum atomic E-state index is 5.42. The molecule has 2 nitrogen and oxygen atoms in total. The fraction of sp³-hybridized carbons (Fsp3) is 0.417. The van der Waals surface area contributed by atoms with Crippen molar-refractivity contribution in [1.29, 1.82) is 0 Å². The summed E-state index contributed by atoms with van der Waals surface area (Å²) in [5.41, 5.74) is 1.13. The summed E-state index contributed by atoms with van der Waals surface area (Å²) in [5.74, 6) is 3.62. The Hall–Kier alpha value is -1.49. The van der Waals surface area contributed by atoms with Crippen LogP contribution in [-0.4, -0.2) is 11.0 Å². The lowest BCUT2D eigenvalue weighted by Gasteiger charge is -2.13. The molecular formula is C12H16N2. The average molecular weight is 188 g/mol. The van der Waals surface area contributed by atoms with E-state index in [1.807, 2.05) is 19.1 Å². The van der Waals surface area contributed by atoms with Crippen LogP contribution in [0.4, 0.5) is 5.82 Å². The van der Waals surface area contributed by atoms with Crippen LogP contribution in [0.1, 0.15) is 25.3 Å². The molecule has 0 aliphatic heterocycles. The van der Waals surface area contributed by atoms with Crippen LogP contribution < -0.4 is 5.32 Å². The number of aromatic nitrogens is 1. The third-order valence-electron chi connectivity index (χ3n) is 2.10. The summed E-state index contributed by atoms with van der Waals surface area (Å²) in [5, 5.41) is 3.25. The molecule has 14 heavy (non-hydrogen) atoms. The van der Waals surface area contributed by atoms with Crippen molar-refractivity contribution >= 4 is 5.82 Å². The predicted molar refractivity (Wildman–Crippen MR) is 60.1 cm³/mol. The van der Waals surface area contributed by atoms with Crippen LogP contribution >= 0.6 is 0 Å². The van der Waals surface area contributed by atoms with E-state index in [0.29, 0.717) is 0 Å². The Morgan fingerprint density at radius 3 is 3.00 bits per heavy atom. The first-order valence-electron chi connectivity index (χ1n) is 4.92. The van der Waals surface area contributed by atoms with E-state index in [1.165, 1.54) is 0 Å². The summed E-state index contributed by atoms with van der Waals surface area (Å²) < 4.78 is 0. The van der Waals surface area contributed by atoms with Gasteiger partial charge in [0, 0.05) is 6.20 Å². The Morgan fingerprint density at radius 2 is 2.43 bits per heavy atom. The fourth-order valence-electron chi connectivity index (χ4n) is 1.29. The monoisotopic (exact) mass is 188 g/mol. The molecule has 74 valence electrons. The summed E-state index contributed by atoms with van der Waals surface area (Å²) in [6.45, 7) is 4.14. The molecule has 0 spiro atoms. The molecule has 0 bridgehead atoms. The molecule has 1 N–H and O–H groups in total. The van der Waals surface area contributed by atoms with Gasteiger partial charge in [-0.25, -0.2) is 4.98 Å². The van der Waals surface area contributed by atoms with Crippen LogP contribution in [0.25, 0.3) is 0 Å². The highest BCUT2D eigenvalue weighted by Crippen LogP contribution is 2.12. The van der Waals surface area contributed by atoms with Crippen LogP contribution in [0, 0.1) is 19.3 Å². The van der Waals surface area contributed by atoms with E-state index in [0.717, 1.165) is 24.2 Å². The number of hydrogen-bond acceptors (Lipinski definition) is 2. The lowest BCUT2D eigenvalue weighted by molar-refractivity contribution is 0.752. The maximum absolute atomic E-state index is 5.42. The Balaban J connectivity index is 2.68. The molecular weight excluding hydrogens is 172 g/mol. The van der Waals surface area contributed by atoms with Crippen molar-refractivity contribution < 1.29 is 0 Å². The van der Waals surface area contributed by atoms with Crippen molar-refractivity contribution in [3.8, 4) is 12.3 Å². The highest BCUT2D eigenvalue weighted by Gasteiger charge is 2.05. The average Bonchev–Trinajstić information content (AvgIpc) is 2.20. The lowest BCUT2D eigenvalue weighted by Crippen LogP contribution is -2.18. The maximum Gasteiger partial charge on any atom is 0.129 e. The molecule has 0 saturated heterocycles. The Kier molecular flexibility index (Phi) is 4.00. The molecule has 0 aliphatic rings. The van der Waals surface area contributed by atoms with Crippen LogP contribution in [-0.2, 0) is 0 Å². The molecule has 0 aromatic carbocycles. The Labute approximate surface area is 85.8 Å². The largest absolute Gasteiger partial charge is 0.356 e. The molecule has 1 unspecified atom stereocenters. The van der Waals surface area contributed by atoms with E-state index in [9.17, 15) is 0 Å². The number of pyridine rings is 1. The summed E-state index contributed by atoms with van der Waals surface area (Å²) >= 11 is 0. The third kappa shape index (κ3) is 2.77. The number of aryl methyl sites for hydroxylation is 1. The smallest absolute Gasteiger partial charge is 0.129 e. The van der Waals surface area contributed by atoms with Gasteiger partial charge in [-0.15, -0.1) is 6.42 Å². The van der Waals surface area contributed by atoms with Gasteiger partial charge >= 0.3 is 0 Å². The lowest BCUT2D eigenvalue weighted by atomic mass is 10.1. The van der Waals surface area contributed by atoms with Crippen molar-refractivity contribution in [1.82, 2.24) is 4.98 Å². The van der Waals surface area contributed by atoms with E-state index < -0.39 is 0 Å². The number of anilines is 1. The van der Waals surface area contributed by atoms with E-state index >= 15 is 0 Å². The van der Waals surface area contributed by atoms with Gasteiger partial charge in [0.25, 0.3) is 0 Å². The van der Waals surface area contributed by atoms with Crippen molar-refractivity contribution in [2.45, 2.75) is 32.7 Å². The molecule has 0 saturated carbocycles. The molecule has 0 amide bonds. The van der Waals surface area contributed by atoms with Crippen molar-refractivity contribution in [3.05, 3.63) is 23.9 Å². The molecule has 1 aromatic heterocycles. The van der Waals surface area contributed by atoms with Crippen molar-refractivity contribution in [3.63, 3.8) is 0 Å². The molecule has 0 aliphatic carbocycles. The molecule has 1 aromatic rings. The zero-order chi connectivity index (χ0) is 10.4. The van der Waals surface area contributed by atoms with Crippen LogP contribution in [0.3, 0.4) is 0 Å². The zero-order valence-electron chi connectivity index (χ0n) is 8.75. The number of terminal acetylenes is 1. The first-order chi connectivity index (χ1) is 6.77. The molecule has 0 fully saturated rings. The second kappa shape index (κ2) is 5.29. The normalized spacial score (nSPS) is 11.8. The zero-order valence-corrected chi connectivity index (χ0v) is 8.75. The minimum Gasteiger partial charge on any atom is -0.356 e. The first kappa shape index (κ1) is 10.6. The topological polar surface area (TPSA) is 24.9 Å². The summed E-state index contributed by atoms with van der Waals surface area (Å²) in [7, 11) is 0. The van der Waals surface area contributed by atoms with Gasteiger partial charge in [0.1, 0.15) is 5.82 Å². The minimum atomic E-state index is 0.0913. The Bertz CT molecular complexity index is 325. The summed E-state index contributed by atoms with van der Waals surface area (Å²) in [6, 6.07) is 4.04. The second-order valence-electron chi connectivity index (χ2n) is 3.32. The van der Waals surface area contributed by atoms with E-state index in [-0.39, 0.29) is 6.04 Å². The van der Waals surface area contributed by atoms with Gasteiger partial charge in [0.15, 0.2) is 0 Å². The van der Waals surface area contributed by atoms with Gasteiger partial charge in [0.05, 0.1) is 6.04 Å². The van der Waals surface area contributed by atoms with Crippen LogP contribution in [0.15, 0.2) is 18.3 Å². The minimum absolute atomic E-state index is 0.0913. The van der Waals surface area contributed by atoms with Crippen molar-refractivity contribution in [2.24, 2.45) is 0 Å². The van der Waals surface area contributed by atoms with Gasteiger partial charge in [-0.1, -0.05) is 25.3 Å². The summed E-state index contributed by atoms with van der Waals surface area (Å²) in [4.78, 5) is 4.24. The number of hydrogen-bond donors (Lipinski definition) is 1. The number of rotatable bonds is 4. The van der Waals surface area contributed by atoms with E-state index in [2.05, 4.69) is 23.1 Å². The van der Waals surface area contributed by atoms with Crippen LogP contribution in [0.2, 0.25) is 0 Å².